The van der Waals surface area contributed by atoms with Crippen LogP contribution in [0.3, 0.4) is 0 Å². The number of rotatable bonds is 4. The molecular formula is C20H17N5O3. The lowest BCUT2D eigenvalue weighted by Crippen LogP contribution is -2.24. The highest BCUT2D eigenvalue weighted by molar-refractivity contribution is 5.96. The van der Waals surface area contributed by atoms with Gasteiger partial charge in [0.1, 0.15) is 5.75 Å². The molecule has 4 aromatic rings. The lowest BCUT2D eigenvalue weighted by Gasteiger charge is -2.16. The van der Waals surface area contributed by atoms with Crippen LogP contribution in [0, 0.1) is 0 Å². The lowest BCUT2D eigenvalue weighted by molar-refractivity contribution is -0.117. The number of fused-ring (bicyclic) bond motifs is 1. The van der Waals surface area contributed by atoms with Crippen molar-refractivity contribution in [3.8, 4) is 17.3 Å². The second-order valence-electron chi connectivity index (χ2n) is 6.68. The number of aromatic amines is 1. The SMILES string of the molecule is COc1cccc(N2CC(c3noc(-c4n[nH]c5ccccc45)n3)CC2=O)c1. The molecule has 8 nitrogen and oxygen atoms in total. The number of para-hydroxylation sites is 1. The minimum absolute atomic E-state index is 0.0230. The second kappa shape index (κ2) is 6.49. The van der Waals surface area contributed by atoms with Crippen LogP contribution in [0.5, 0.6) is 5.75 Å². The van der Waals surface area contributed by atoms with Crippen molar-refractivity contribution in [3.63, 3.8) is 0 Å². The molecule has 0 saturated carbocycles. The summed E-state index contributed by atoms with van der Waals surface area (Å²) in [6, 6.07) is 15.2. The van der Waals surface area contributed by atoms with Crippen molar-refractivity contribution >= 4 is 22.5 Å². The van der Waals surface area contributed by atoms with Crippen LogP contribution < -0.4 is 9.64 Å². The highest BCUT2D eigenvalue weighted by Crippen LogP contribution is 2.33. The van der Waals surface area contributed by atoms with Crippen LogP contribution in [0.15, 0.2) is 53.1 Å². The third-order valence-electron chi connectivity index (χ3n) is 4.97. The number of carbonyl (C=O) groups is 1. The van der Waals surface area contributed by atoms with E-state index in [0.717, 1.165) is 16.6 Å². The van der Waals surface area contributed by atoms with E-state index < -0.39 is 0 Å². The lowest BCUT2D eigenvalue weighted by atomic mass is 10.1. The maximum Gasteiger partial charge on any atom is 0.279 e. The van der Waals surface area contributed by atoms with Crippen molar-refractivity contribution < 1.29 is 14.1 Å². The molecule has 1 N–H and O–H groups in total. The Kier molecular flexibility index (Phi) is 3.82. The van der Waals surface area contributed by atoms with Crippen LogP contribution >= 0.6 is 0 Å². The first-order valence-corrected chi connectivity index (χ1v) is 8.94. The average Bonchev–Trinajstić information content (AvgIpc) is 3.45. The van der Waals surface area contributed by atoms with Crippen molar-refractivity contribution in [3.05, 3.63) is 54.4 Å². The molecule has 1 aliphatic heterocycles. The zero-order valence-corrected chi connectivity index (χ0v) is 15.1. The standard InChI is InChI=1S/C20H17N5O3/c1-27-14-6-4-5-13(10-14)25-11-12(9-17(25)26)19-21-20(28-24-19)18-15-7-2-3-8-16(15)22-23-18/h2-8,10,12H,9,11H2,1H3,(H,22,23). The Bertz CT molecular complexity index is 1170. The number of benzene rings is 2. The van der Waals surface area contributed by atoms with Gasteiger partial charge in [-0.2, -0.15) is 10.1 Å². The van der Waals surface area contributed by atoms with E-state index >= 15 is 0 Å². The number of H-pyrrole nitrogens is 1. The summed E-state index contributed by atoms with van der Waals surface area (Å²) in [6.45, 7) is 0.492. The molecule has 0 spiro atoms. The third-order valence-corrected chi connectivity index (χ3v) is 4.97. The fraction of sp³-hybridized carbons (Fsp3) is 0.200. The summed E-state index contributed by atoms with van der Waals surface area (Å²) in [5, 5.41) is 12.3. The predicted octanol–water partition coefficient (Wildman–Crippen LogP) is 3.14. The number of carbonyl (C=O) groups excluding carboxylic acids is 1. The van der Waals surface area contributed by atoms with Gasteiger partial charge in [-0.05, 0) is 18.2 Å². The zero-order chi connectivity index (χ0) is 19.1. The summed E-state index contributed by atoms with van der Waals surface area (Å²) in [6.07, 6.45) is 0.331. The number of nitrogens with zero attached hydrogens (tertiary/aromatic N) is 4. The van der Waals surface area contributed by atoms with Gasteiger partial charge >= 0.3 is 0 Å². The molecule has 0 aliphatic carbocycles. The number of hydrogen-bond donors (Lipinski definition) is 1. The quantitative estimate of drug-likeness (QED) is 0.588. The Labute approximate surface area is 160 Å². The topological polar surface area (TPSA) is 97.1 Å². The molecule has 2 aromatic heterocycles. The van der Waals surface area contributed by atoms with E-state index in [0.29, 0.717) is 36.1 Å². The third kappa shape index (κ3) is 2.70. The van der Waals surface area contributed by atoms with E-state index in [9.17, 15) is 4.79 Å². The monoisotopic (exact) mass is 375 g/mol. The Morgan fingerprint density at radius 1 is 1.21 bits per heavy atom. The fourth-order valence-electron chi connectivity index (χ4n) is 3.53. The summed E-state index contributed by atoms with van der Waals surface area (Å²) < 4.78 is 10.7. The summed E-state index contributed by atoms with van der Waals surface area (Å²) in [7, 11) is 1.60. The van der Waals surface area contributed by atoms with Crippen molar-refractivity contribution in [2.75, 3.05) is 18.6 Å². The Morgan fingerprint density at radius 2 is 2.11 bits per heavy atom. The minimum atomic E-state index is -0.138. The van der Waals surface area contributed by atoms with E-state index in [-0.39, 0.29) is 11.8 Å². The first-order chi connectivity index (χ1) is 13.7. The molecule has 28 heavy (non-hydrogen) atoms. The van der Waals surface area contributed by atoms with Crippen LogP contribution in [-0.4, -0.2) is 39.9 Å². The van der Waals surface area contributed by atoms with Gasteiger partial charge in [-0.25, -0.2) is 0 Å². The molecule has 0 radical (unpaired) electrons. The number of methoxy groups -OCH3 is 1. The molecule has 1 unspecified atom stereocenters. The van der Waals surface area contributed by atoms with Crippen LogP contribution in [0.25, 0.3) is 22.5 Å². The number of anilines is 1. The van der Waals surface area contributed by atoms with Crippen molar-refractivity contribution in [2.24, 2.45) is 0 Å². The summed E-state index contributed by atoms with van der Waals surface area (Å²) >= 11 is 0. The summed E-state index contributed by atoms with van der Waals surface area (Å²) in [5.41, 5.74) is 2.31. The van der Waals surface area contributed by atoms with Gasteiger partial charge in [-0.3, -0.25) is 9.89 Å². The number of aromatic nitrogens is 4. The van der Waals surface area contributed by atoms with E-state index in [2.05, 4.69) is 20.3 Å². The maximum absolute atomic E-state index is 12.5. The number of nitrogens with one attached hydrogen (secondary N) is 1. The Hall–Kier alpha value is -3.68. The van der Waals surface area contributed by atoms with Crippen LogP contribution in [0.1, 0.15) is 18.2 Å². The predicted molar refractivity (Wildman–Crippen MR) is 102 cm³/mol. The first-order valence-electron chi connectivity index (χ1n) is 8.94. The molecule has 3 heterocycles. The van der Waals surface area contributed by atoms with E-state index in [4.69, 9.17) is 9.26 Å². The molecule has 1 saturated heterocycles. The largest absolute Gasteiger partial charge is 0.497 e. The van der Waals surface area contributed by atoms with Gasteiger partial charge in [0.15, 0.2) is 11.5 Å². The molecule has 1 fully saturated rings. The second-order valence-corrected chi connectivity index (χ2v) is 6.68. The molecular weight excluding hydrogens is 358 g/mol. The zero-order valence-electron chi connectivity index (χ0n) is 15.1. The molecule has 8 heteroatoms. The summed E-state index contributed by atoms with van der Waals surface area (Å²) in [4.78, 5) is 18.8. The fourth-order valence-corrected chi connectivity index (χ4v) is 3.53. The maximum atomic E-state index is 12.5. The van der Waals surface area contributed by atoms with Gasteiger partial charge < -0.3 is 14.2 Å². The molecule has 5 rings (SSSR count). The van der Waals surface area contributed by atoms with Gasteiger partial charge in [0.2, 0.25) is 5.91 Å². The van der Waals surface area contributed by atoms with E-state index in [1.165, 1.54) is 0 Å². The number of hydrogen-bond acceptors (Lipinski definition) is 6. The smallest absolute Gasteiger partial charge is 0.279 e. The Morgan fingerprint density at radius 3 is 3.00 bits per heavy atom. The molecule has 1 atom stereocenters. The highest BCUT2D eigenvalue weighted by atomic mass is 16.5. The van der Waals surface area contributed by atoms with Crippen molar-refractivity contribution in [1.29, 1.82) is 0 Å². The van der Waals surface area contributed by atoms with E-state index in [1.807, 2.05) is 48.5 Å². The molecule has 1 amide bonds. The van der Waals surface area contributed by atoms with Gasteiger partial charge in [-0.15, -0.1) is 0 Å². The molecule has 1 aliphatic rings. The van der Waals surface area contributed by atoms with Gasteiger partial charge in [-0.1, -0.05) is 29.4 Å². The van der Waals surface area contributed by atoms with E-state index in [1.54, 1.807) is 12.0 Å². The molecule has 0 bridgehead atoms. The first kappa shape index (κ1) is 16.5. The molecule has 140 valence electrons. The number of ether oxygens (including phenoxy) is 1. The van der Waals surface area contributed by atoms with Crippen LogP contribution in [-0.2, 0) is 4.79 Å². The minimum Gasteiger partial charge on any atom is -0.497 e. The highest BCUT2D eigenvalue weighted by Gasteiger charge is 2.35. The molecule has 2 aromatic carbocycles. The van der Waals surface area contributed by atoms with Gasteiger partial charge in [0, 0.05) is 36.0 Å². The van der Waals surface area contributed by atoms with Crippen LogP contribution in [0.4, 0.5) is 5.69 Å². The van der Waals surface area contributed by atoms with Crippen LogP contribution in [0.2, 0.25) is 0 Å². The average molecular weight is 375 g/mol. The van der Waals surface area contributed by atoms with Gasteiger partial charge in [0.05, 0.1) is 12.6 Å². The van der Waals surface area contributed by atoms with Crippen molar-refractivity contribution in [2.45, 2.75) is 12.3 Å². The Balaban J connectivity index is 1.41. The van der Waals surface area contributed by atoms with Crippen molar-refractivity contribution in [1.82, 2.24) is 20.3 Å². The number of amides is 1. The summed E-state index contributed by atoms with van der Waals surface area (Å²) in [5.74, 6) is 1.46. The van der Waals surface area contributed by atoms with Gasteiger partial charge in [0.25, 0.3) is 5.89 Å². The normalized spacial score (nSPS) is 16.8.